The first-order chi connectivity index (χ1) is 12.1. The predicted molar refractivity (Wildman–Crippen MR) is 91.4 cm³/mol. The van der Waals surface area contributed by atoms with Crippen molar-refractivity contribution >= 4 is 28.3 Å². The summed E-state index contributed by atoms with van der Waals surface area (Å²) in [4.78, 5) is 28.6. The van der Waals surface area contributed by atoms with Gasteiger partial charge >= 0.3 is 5.97 Å². The molecule has 3 aromatic heterocycles. The summed E-state index contributed by atoms with van der Waals surface area (Å²) in [7, 11) is 0. The molecule has 124 valence electrons. The number of esters is 1. The molecule has 0 saturated carbocycles. The van der Waals surface area contributed by atoms with E-state index < -0.39 is 5.97 Å². The molecule has 0 spiro atoms. The molecule has 4 aromatic rings. The molecular formula is C17H11N3O4S. The van der Waals surface area contributed by atoms with Crippen molar-refractivity contribution in [2.45, 2.75) is 6.92 Å². The van der Waals surface area contributed by atoms with Crippen LogP contribution in [0.3, 0.4) is 0 Å². The van der Waals surface area contributed by atoms with Crippen LogP contribution in [0, 0.1) is 0 Å². The van der Waals surface area contributed by atoms with Gasteiger partial charge in [0.1, 0.15) is 16.0 Å². The average molecular weight is 353 g/mol. The van der Waals surface area contributed by atoms with Crippen molar-refractivity contribution in [2.75, 3.05) is 0 Å². The first-order valence-corrected chi connectivity index (χ1v) is 8.16. The molecule has 3 heterocycles. The molecule has 1 aromatic carbocycles. The van der Waals surface area contributed by atoms with Gasteiger partial charge in [0.25, 0.3) is 5.56 Å². The van der Waals surface area contributed by atoms with Gasteiger partial charge in [-0.3, -0.25) is 9.59 Å². The molecule has 0 atom stereocenters. The maximum atomic E-state index is 12.5. The first kappa shape index (κ1) is 15.3. The van der Waals surface area contributed by atoms with Gasteiger partial charge in [-0.05, 0) is 24.3 Å². The number of aromatic nitrogens is 3. The van der Waals surface area contributed by atoms with E-state index in [9.17, 15) is 9.59 Å². The fourth-order valence-corrected chi connectivity index (χ4v) is 3.23. The van der Waals surface area contributed by atoms with E-state index in [1.54, 1.807) is 42.5 Å². The van der Waals surface area contributed by atoms with E-state index in [1.807, 2.05) is 0 Å². The van der Waals surface area contributed by atoms with Crippen LogP contribution in [0.15, 0.2) is 51.9 Å². The highest BCUT2D eigenvalue weighted by Gasteiger charge is 2.16. The molecular weight excluding hydrogens is 342 g/mol. The second kappa shape index (κ2) is 5.99. The molecule has 0 saturated heterocycles. The van der Waals surface area contributed by atoms with E-state index in [1.165, 1.54) is 29.0 Å². The Hall–Kier alpha value is -3.26. The van der Waals surface area contributed by atoms with Gasteiger partial charge < -0.3 is 9.15 Å². The maximum Gasteiger partial charge on any atom is 0.308 e. The number of para-hydroxylation sites is 1. The summed E-state index contributed by atoms with van der Waals surface area (Å²) in [5, 5.41) is 4.26. The standard InChI is InChI=1S/C17H11N3O4S/c1-10(21)24-13-7-3-2-6-12(13)15-18-17-20(19-15)16(22)14(25-17)9-11-5-4-8-23-11/h2-9H,1H3/b14-9+. The van der Waals surface area contributed by atoms with Crippen molar-refractivity contribution in [3.8, 4) is 17.1 Å². The number of benzene rings is 1. The van der Waals surface area contributed by atoms with Gasteiger partial charge in [-0.1, -0.05) is 23.5 Å². The van der Waals surface area contributed by atoms with Gasteiger partial charge in [0.15, 0.2) is 5.82 Å². The number of carbonyl (C=O) groups is 1. The molecule has 0 aliphatic heterocycles. The second-order valence-corrected chi connectivity index (χ2v) is 6.16. The third-order valence-electron chi connectivity index (χ3n) is 3.38. The fraction of sp³-hybridized carbons (Fsp3) is 0.0588. The Kier molecular flexibility index (Phi) is 3.66. The highest BCUT2D eigenvalue weighted by molar-refractivity contribution is 7.15. The molecule has 0 unspecified atom stereocenters. The van der Waals surface area contributed by atoms with Crippen molar-refractivity contribution in [3.05, 3.63) is 63.3 Å². The van der Waals surface area contributed by atoms with Crippen LogP contribution in [0.4, 0.5) is 0 Å². The number of fused-ring (bicyclic) bond motifs is 1. The lowest BCUT2D eigenvalue weighted by molar-refractivity contribution is -0.131. The molecule has 4 rings (SSSR count). The summed E-state index contributed by atoms with van der Waals surface area (Å²) >= 11 is 1.21. The van der Waals surface area contributed by atoms with Gasteiger partial charge in [0.2, 0.25) is 4.96 Å². The SMILES string of the molecule is CC(=O)Oc1ccccc1-c1nc2s/c(=C/c3ccco3)c(=O)n2n1. The smallest absolute Gasteiger partial charge is 0.308 e. The third-order valence-corrected chi connectivity index (χ3v) is 4.34. The zero-order valence-corrected chi connectivity index (χ0v) is 13.8. The summed E-state index contributed by atoms with van der Waals surface area (Å²) in [5.74, 6) is 0.822. The van der Waals surface area contributed by atoms with E-state index in [-0.39, 0.29) is 5.56 Å². The highest BCUT2D eigenvalue weighted by Crippen LogP contribution is 2.27. The number of thiazole rings is 1. The summed E-state index contributed by atoms with van der Waals surface area (Å²) in [6, 6.07) is 10.4. The Labute approximate surface area is 144 Å². The van der Waals surface area contributed by atoms with Crippen LogP contribution in [-0.4, -0.2) is 20.6 Å². The minimum atomic E-state index is -0.437. The van der Waals surface area contributed by atoms with Crippen LogP contribution in [0.25, 0.3) is 22.4 Å². The number of carbonyl (C=O) groups excluding carboxylic acids is 1. The fourth-order valence-electron chi connectivity index (χ4n) is 2.35. The van der Waals surface area contributed by atoms with Crippen molar-refractivity contribution in [1.82, 2.24) is 14.6 Å². The number of furan rings is 1. The summed E-state index contributed by atoms with van der Waals surface area (Å²) in [6.07, 6.45) is 3.19. The largest absolute Gasteiger partial charge is 0.465 e. The Morgan fingerprint density at radius 3 is 2.84 bits per heavy atom. The average Bonchev–Trinajstić information content (AvgIpc) is 3.28. The van der Waals surface area contributed by atoms with Crippen molar-refractivity contribution in [2.24, 2.45) is 0 Å². The van der Waals surface area contributed by atoms with Crippen LogP contribution < -0.4 is 14.8 Å². The Bertz CT molecular complexity index is 1170. The maximum absolute atomic E-state index is 12.5. The molecule has 0 amide bonds. The summed E-state index contributed by atoms with van der Waals surface area (Å²) in [6.45, 7) is 1.32. The van der Waals surface area contributed by atoms with Crippen LogP contribution in [0.1, 0.15) is 12.7 Å². The van der Waals surface area contributed by atoms with E-state index in [0.717, 1.165) is 0 Å². The number of ether oxygens (including phenoxy) is 1. The van der Waals surface area contributed by atoms with Crippen molar-refractivity contribution < 1.29 is 13.9 Å². The molecule has 0 N–H and O–H groups in total. The molecule has 0 bridgehead atoms. The minimum Gasteiger partial charge on any atom is -0.465 e. The quantitative estimate of drug-likeness (QED) is 0.413. The molecule has 8 heteroatoms. The number of hydrogen-bond donors (Lipinski definition) is 0. The predicted octanol–water partition coefficient (Wildman–Crippen LogP) is 1.88. The Morgan fingerprint density at radius 1 is 1.28 bits per heavy atom. The van der Waals surface area contributed by atoms with Crippen LogP contribution in [0.2, 0.25) is 0 Å². The minimum absolute atomic E-state index is 0.278. The third kappa shape index (κ3) is 2.83. The lowest BCUT2D eigenvalue weighted by Gasteiger charge is -2.04. The van der Waals surface area contributed by atoms with E-state index in [4.69, 9.17) is 9.15 Å². The van der Waals surface area contributed by atoms with Crippen molar-refractivity contribution in [3.63, 3.8) is 0 Å². The lowest BCUT2D eigenvalue weighted by Crippen LogP contribution is -2.23. The highest BCUT2D eigenvalue weighted by atomic mass is 32.1. The second-order valence-electron chi connectivity index (χ2n) is 5.15. The lowest BCUT2D eigenvalue weighted by atomic mass is 10.2. The molecule has 25 heavy (non-hydrogen) atoms. The van der Waals surface area contributed by atoms with Crippen LogP contribution in [-0.2, 0) is 4.79 Å². The zero-order chi connectivity index (χ0) is 17.4. The molecule has 0 radical (unpaired) electrons. The van der Waals surface area contributed by atoms with Crippen LogP contribution in [0.5, 0.6) is 5.75 Å². The molecule has 0 aliphatic rings. The molecule has 7 nitrogen and oxygen atoms in total. The van der Waals surface area contributed by atoms with Gasteiger partial charge in [-0.25, -0.2) is 0 Å². The van der Waals surface area contributed by atoms with E-state index in [2.05, 4.69) is 10.1 Å². The Balaban J connectivity index is 1.82. The Morgan fingerprint density at radius 2 is 2.12 bits per heavy atom. The first-order valence-electron chi connectivity index (χ1n) is 7.34. The van der Waals surface area contributed by atoms with E-state index in [0.29, 0.717) is 32.4 Å². The van der Waals surface area contributed by atoms with Gasteiger partial charge in [0.05, 0.1) is 11.8 Å². The van der Waals surface area contributed by atoms with Gasteiger partial charge in [-0.15, -0.1) is 5.10 Å². The number of hydrogen-bond acceptors (Lipinski definition) is 7. The number of rotatable bonds is 3. The van der Waals surface area contributed by atoms with E-state index >= 15 is 0 Å². The van der Waals surface area contributed by atoms with Gasteiger partial charge in [0, 0.05) is 13.0 Å². The molecule has 0 aliphatic carbocycles. The number of nitrogens with zero attached hydrogens (tertiary/aromatic N) is 3. The van der Waals surface area contributed by atoms with Crippen molar-refractivity contribution in [1.29, 1.82) is 0 Å². The topological polar surface area (TPSA) is 86.7 Å². The van der Waals surface area contributed by atoms with Crippen LogP contribution >= 0.6 is 11.3 Å². The normalized spacial score (nSPS) is 12.0. The molecule has 0 fully saturated rings. The monoisotopic (exact) mass is 353 g/mol. The van der Waals surface area contributed by atoms with Gasteiger partial charge in [-0.2, -0.15) is 9.50 Å². The summed E-state index contributed by atoms with van der Waals surface area (Å²) < 4.78 is 12.1. The zero-order valence-electron chi connectivity index (χ0n) is 13.0. The summed E-state index contributed by atoms with van der Waals surface area (Å²) in [5.41, 5.74) is 0.268.